The van der Waals surface area contributed by atoms with Crippen LogP contribution in [-0.2, 0) is 16.6 Å². The smallest absolute Gasteiger partial charge is 0.238 e. The third-order valence-corrected chi connectivity index (χ3v) is 5.14. The topological polar surface area (TPSA) is 96.6 Å². The van der Waals surface area contributed by atoms with Crippen LogP contribution >= 0.6 is 24.0 Å². The van der Waals surface area contributed by atoms with Gasteiger partial charge < -0.3 is 10.6 Å². The van der Waals surface area contributed by atoms with Crippen LogP contribution in [0.1, 0.15) is 63.9 Å². The SMILES string of the molecule is CCCCCCCCCCNC(=NC)NCc1cccc(S(N)(=O)=O)c1.I. The lowest BCUT2D eigenvalue weighted by molar-refractivity contribution is 0.571. The lowest BCUT2D eigenvalue weighted by atomic mass is 10.1. The number of hydrogen-bond donors (Lipinski definition) is 3. The molecule has 27 heavy (non-hydrogen) atoms. The molecule has 0 fully saturated rings. The van der Waals surface area contributed by atoms with Crippen LogP contribution in [0.4, 0.5) is 0 Å². The summed E-state index contributed by atoms with van der Waals surface area (Å²) in [4.78, 5) is 4.32. The van der Waals surface area contributed by atoms with E-state index in [0.717, 1.165) is 18.5 Å². The van der Waals surface area contributed by atoms with Crippen molar-refractivity contribution in [3.63, 3.8) is 0 Å². The lowest BCUT2D eigenvalue weighted by Gasteiger charge is -2.12. The zero-order valence-electron chi connectivity index (χ0n) is 16.5. The summed E-state index contributed by atoms with van der Waals surface area (Å²) in [6, 6.07) is 6.61. The van der Waals surface area contributed by atoms with Crippen LogP contribution in [0.15, 0.2) is 34.2 Å². The van der Waals surface area contributed by atoms with Gasteiger partial charge in [-0.2, -0.15) is 0 Å². The van der Waals surface area contributed by atoms with Crippen molar-refractivity contribution in [1.82, 2.24) is 10.6 Å². The molecule has 0 bridgehead atoms. The Balaban J connectivity index is 0.00000676. The fourth-order valence-corrected chi connectivity index (χ4v) is 3.29. The van der Waals surface area contributed by atoms with E-state index in [2.05, 4.69) is 22.5 Å². The van der Waals surface area contributed by atoms with Gasteiger partial charge in [0.2, 0.25) is 10.0 Å². The first-order valence-corrected chi connectivity index (χ1v) is 11.1. The maximum Gasteiger partial charge on any atom is 0.238 e. The van der Waals surface area contributed by atoms with Crippen molar-refractivity contribution in [2.24, 2.45) is 10.1 Å². The fraction of sp³-hybridized carbons (Fsp3) is 0.632. The molecule has 6 nitrogen and oxygen atoms in total. The van der Waals surface area contributed by atoms with Gasteiger partial charge in [0.15, 0.2) is 5.96 Å². The molecule has 0 aliphatic heterocycles. The molecule has 0 saturated heterocycles. The average Bonchev–Trinajstić information content (AvgIpc) is 2.62. The van der Waals surface area contributed by atoms with Crippen LogP contribution < -0.4 is 15.8 Å². The van der Waals surface area contributed by atoms with Gasteiger partial charge in [-0.1, -0.05) is 64.0 Å². The van der Waals surface area contributed by atoms with Gasteiger partial charge in [0.05, 0.1) is 4.90 Å². The summed E-state index contributed by atoms with van der Waals surface area (Å²) in [5, 5.41) is 11.6. The second kappa shape index (κ2) is 15.1. The standard InChI is InChI=1S/C19H34N4O2S.HI/c1-3-4-5-6-7-8-9-10-14-22-19(21-2)23-16-17-12-11-13-18(15-17)26(20,24)25;/h11-13,15H,3-10,14,16H2,1-2H3,(H2,20,24,25)(H2,21,22,23);1H. The Morgan fingerprint density at radius 3 is 2.26 bits per heavy atom. The molecular formula is C19H35IN4O2S. The number of nitrogens with one attached hydrogen (secondary N) is 2. The third-order valence-electron chi connectivity index (χ3n) is 4.23. The summed E-state index contributed by atoms with van der Waals surface area (Å²) >= 11 is 0. The largest absolute Gasteiger partial charge is 0.356 e. The summed E-state index contributed by atoms with van der Waals surface area (Å²) in [6.45, 7) is 3.61. The monoisotopic (exact) mass is 510 g/mol. The summed E-state index contributed by atoms with van der Waals surface area (Å²) in [5.41, 5.74) is 0.839. The number of rotatable bonds is 12. The van der Waals surface area contributed by atoms with Crippen molar-refractivity contribution in [2.45, 2.75) is 69.7 Å². The van der Waals surface area contributed by atoms with Crippen LogP contribution in [-0.4, -0.2) is 28.0 Å². The summed E-state index contributed by atoms with van der Waals surface area (Å²) in [7, 11) is -1.95. The molecule has 0 radical (unpaired) electrons. The highest BCUT2D eigenvalue weighted by atomic mass is 127. The summed E-state index contributed by atoms with van der Waals surface area (Å²) in [6.07, 6.45) is 10.3. The summed E-state index contributed by atoms with van der Waals surface area (Å²) < 4.78 is 22.8. The van der Waals surface area contributed by atoms with Crippen LogP contribution in [0.2, 0.25) is 0 Å². The molecule has 0 spiro atoms. The summed E-state index contributed by atoms with van der Waals surface area (Å²) in [5.74, 6) is 0.717. The van der Waals surface area contributed by atoms with Crippen LogP contribution in [0.25, 0.3) is 0 Å². The Kier molecular flexibility index (Phi) is 14.6. The van der Waals surface area contributed by atoms with E-state index in [1.54, 1.807) is 19.2 Å². The van der Waals surface area contributed by atoms with E-state index >= 15 is 0 Å². The fourth-order valence-electron chi connectivity index (χ4n) is 2.70. The zero-order valence-corrected chi connectivity index (χ0v) is 19.7. The van der Waals surface area contributed by atoms with Gasteiger partial charge in [0, 0.05) is 20.1 Å². The predicted octanol–water partition coefficient (Wildman–Crippen LogP) is 3.76. The number of guanidine groups is 1. The van der Waals surface area contributed by atoms with Crippen molar-refractivity contribution in [3.8, 4) is 0 Å². The molecule has 0 amide bonds. The minimum Gasteiger partial charge on any atom is -0.356 e. The molecule has 156 valence electrons. The van der Waals surface area contributed by atoms with Gasteiger partial charge in [0.25, 0.3) is 0 Å². The number of primary sulfonamides is 1. The highest BCUT2D eigenvalue weighted by Gasteiger charge is 2.08. The van der Waals surface area contributed by atoms with Crippen molar-refractivity contribution in [1.29, 1.82) is 0 Å². The average molecular weight is 510 g/mol. The highest BCUT2D eigenvalue weighted by molar-refractivity contribution is 14.0. The minimum absolute atomic E-state index is 0. The molecule has 0 aliphatic rings. The number of hydrogen-bond acceptors (Lipinski definition) is 3. The first-order chi connectivity index (χ1) is 12.5. The van der Waals surface area contributed by atoms with Crippen molar-refractivity contribution in [3.05, 3.63) is 29.8 Å². The predicted molar refractivity (Wildman–Crippen MR) is 124 cm³/mol. The first-order valence-electron chi connectivity index (χ1n) is 9.53. The zero-order chi connectivity index (χ0) is 19.3. The van der Waals surface area contributed by atoms with E-state index in [1.807, 2.05) is 6.07 Å². The van der Waals surface area contributed by atoms with Gasteiger partial charge in [-0.15, -0.1) is 24.0 Å². The quantitative estimate of drug-likeness (QED) is 0.173. The molecule has 0 saturated carbocycles. The molecule has 0 aliphatic carbocycles. The van der Waals surface area contributed by atoms with Crippen LogP contribution in [0, 0.1) is 0 Å². The Bertz CT molecular complexity index is 651. The van der Waals surface area contributed by atoms with E-state index in [-0.39, 0.29) is 28.9 Å². The molecule has 1 aromatic rings. The molecule has 4 N–H and O–H groups in total. The molecule has 0 unspecified atom stereocenters. The maximum atomic E-state index is 11.4. The van der Waals surface area contributed by atoms with E-state index in [0.29, 0.717) is 12.5 Å². The molecule has 0 atom stereocenters. The number of unbranched alkanes of at least 4 members (excludes halogenated alkanes) is 7. The van der Waals surface area contributed by atoms with Crippen LogP contribution in [0.3, 0.4) is 0 Å². The van der Waals surface area contributed by atoms with E-state index in [4.69, 9.17) is 5.14 Å². The molecular weight excluding hydrogens is 475 g/mol. The minimum atomic E-state index is -3.67. The van der Waals surface area contributed by atoms with Crippen molar-refractivity contribution >= 4 is 40.0 Å². The van der Waals surface area contributed by atoms with Gasteiger partial charge in [-0.05, 0) is 24.1 Å². The van der Waals surface area contributed by atoms with Crippen molar-refractivity contribution in [2.75, 3.05) is 13.6 Å². The Hall–Kier alpha value is -0.870. The second-order valence-corrected chi connectivity index (χ2v) is 8.08. The van der Waals surface area contributed by atoms with E-state index < -0.39 is 10.0 Å². The number of halogens is 1. The van der Waals surface area contributed by atoms with Gasteiger partial charge >= 0.3 is 0 Å². The Morgan fingerprint density at radius 2 is 1.67 bits per heavy atom. The molecule has 1 rings (SSSR count). The van der Waals surface area contributed by atoms with Gasteiger partial charge in [-0.3, -0.25) is 4.99 Å². The Morgan fingerprint density at radius 1 is 1.04 bits per heavy atom. The number of benzene rings is 1. The number of sulfonamides is 1. The number of aliphatic imine (C=N–C) groups is 1. The number of nitrogens with zero attached hydrogens (tertiary/aromatic N) is 1. The van der Waals surface area contributed by atoms with E-state index in [1.165, 1.54) is 51.0 Å². The first kappa shape index (κ1) is 26.1. The van der Waals surface area contributed by atoms with E-state index in [9.17, 15) is 8.42 Å². The van der Waals surface area contributed by atoms with Crippen molar-refractivity contribution < 1.29 is 8.42 Å². The van der Waals surface area contributed by atoms with Crippen LogP contribution in [0.5, 0.6) is 0 Å². The van der Waals surface area contributed by atoms with Gasteiger partial charge in [-0.25, -0.2) is 13.6 Å². The Labute approximate surface area is 181 Å². The highest BCUT2D eigenvalue weighted by Crippen LogP contribution is 2.10. The molecule has 1 aromatic carbocycles. The second-order valence-electron chi connectivity index (χ2n) is 6.52. The lowest BCUT2D eigenvalue weighted by Crippen LogP contribution is -2.37. The normalized spacial score (nSPS) is 11.7. The van der Waals surface area contributed by atoms with Gasteiger partial charge in [0.1, 0.15) is 0 Å². The molecule has 0 aromatic heterocycles. The molecule has 0 heterocycles. The number of nitrogens with two attached hydrogens (primary N) is 1. The third kappa shape index (κ3) is 12.2. The molecule has 8 heteroatoms. The maximum absolute atomic E-state index is 11.4.